The molecule has 0 bridgehead atoms. The highest BCUT2D eigenvalue weighted by atomic mass is 16.5. The Hall–Kier alpha value is -4.38. The average molecular weight is 399 g/mol. The second kappa shape index (κ2) is 7.93. The quantitative estimate of drug-likeness (QED) is 0.533. The summed E-state index contributed by atoms with van der Waals surface area (Å²) in [5.41, 5.74) is 1.76. The summed E-state index contributed by atoms with van der Waals surface area (Å²) in [5, 5.41) is 12.5. The standard InChI is InChI=1S/C22H17N5O3/c1-14-12-16(30-22-24-8-5-9-25-22)6-7-18(14)26-20(28)19-15(2)29-21(17(19)13-23)27-10-3-4-11-27/h3-12H,1-2H3,(H,26,28). The second-order valence-electron chi connectivity index (χ2n) is 6.48. The van der Waals surface area contributed by atoms with Gasteiger partial charge >= 0.3 is 6.01 Å². The Morgan fingerprint density at radius 2 is 1.90 bits per heavy atom. The van der Waals surface area contributed by atoms with E-state index in [-0.39, 0.29) is 17.1 Å². The molecule has 0 aliphatic carbocycles. The number of ether oxygens (including phenoxy) is 1. The van der Waals surface area contributed by atoms with E-state index in [9.17, 15) is 10.1 Å². The van der Waals surface area contributed by atoms with Crippen molar-refractivity contribution >= 4 is 11.6 Å². The first kappa shape index (κ1) is 19.0. The van der Waals surface area contributed by atoms with E-state index in [4.69, 9.17) is 9.15 Å². The maximum Gasteiger partial charge on any atom is 0.321 e. The fourth-order valence-corrected chi connectivity index (χ4v) is 3.03. The van der Waals surface area contributed by atoms with Gasteiger partial charge in [-0.25, -0.2) is 9.97 Å². The van der Waals surface area contributed by atoms with E-state index in [1.54, 1.807) is 60.5 Å². The van der Waals surface area contributed by atoms with Crippen molar-refractivity contribution in [1.82, 2.24) is 14.5 Å². The molecule has 0 saturated carbocycles. The van der Waals surface area contributed by atoms with E-state index >= 15 is 0 Å². The molecule has 0 aliphatic rings. The first-order chi connectivity index (χ1) is 14.6. The zero-order valence-corrected chi connectivity index (χ0v) is 16.3. The number of hydrogen-bond acceptors (Lipinski definition) is 6. The Kier molecular flexibility index (Phi) is 5.01. The van der Waals surface area contributed by atoms with Gasteiger partial charge in [-0.15, -0.1) is 0 Å². The number of amides is 1. The van der Waals surface area contributed by atoms with Crippen molar-refractivity contribution < 1.29 is 13.9 Å². The van der Waals surface area contributed by atoms with E-state index < -0.39 is 5.91 Å². The summed E-state index contributed by atoms with van der Waals surface area (Å²) in [6.07, 6.45) is 6.68. The number of carbonyl (C=O) groups is 1. The monoisotopic (exact) mass is 399 g/mol. The summed E-state index contributed by atoms with van der Waals surface area (Å²) in [7, 11) is 0. The molecule has 0 aliphatic heterocycles. The lowest BCUT2D eigenvalue weighted by Crippen LogP contribution is -2.14. The maximum atomic E-state index is 12.9. The van der Waals surface area contributed by atoms with Crippen LogP contribution in [0.3, 0.4) is 0 Å². The highest BCUT2D eigenvalue weighted by molar-refractivity contribution is 6.07. The molecule has 3 aromatic heterocycles. The van der Waals surface area contributed by atoms with Crippen LogP contribution in [0.2, 0.25) is 0 Å². The molecule has 0 unspecified atom stereocenters. The first-order valence-electron chi connectivity index (χ1n) is 9.10. The highest BCUT2D eigenvalue weighted by Gasteiger charge is 2.25. The molecule has 3 heterocycles. The number of anilines is 1. The molecule has 148 valence electrons. The summed E-state index contributed by atoms with van der Waals surface area (Å²) >= 11 is 0. The molecule has 4 aromatic rings. The molecule has 8 nitrogen and oxygen atoms in total. The molecule has 4 rings (SSSR count). The number of nitrogens with zero attached hydrogens (tertiary/aromatic N) is 4. The van der Waals surface area contributed by atoms with E-state index in [1.165, 1.54) is 0 Å². The Labute approximate surface area is 172 Å². The molecule has 0 fully saturated rings. The van der Waals surface area contributed by atoms with Gasteiger partial charge in [0, 0.05) is 30.5 Å². The molecule has 0 radical (unpaired) electrons. The third-order valence-electron chi connectivity index (χ3n) is 4.44. The Bertz CT molecular complexity index is 1240. The van der Waals surface area contributed by atoms with Crippen LogP contribution in [-0.2, 0) is 0 Å². The molecule has 1 aromatic carbocycles. The van der Waals surface area contributed by atoms with Gasteiger partial charge in [0.2, 0.25) is 5.88 Å². The number of aromatic nitrogens is 3. The summed E-state index contributed by atoms with van der Waals surface area (Å²) < 4.78 is 13.0. The lowest BCUT2D eigenvalue weighted by Gasteiger charge is -2.10. The molecular weight excluding hydrogens is 382 g/mol. The van der Waals surface area contributed by atoms with E-state index in [2.05, 4.69) is 21.4 Å². The van der Waals surface area contributed by atoms with Crippen molar-refractivity contribution in [2.24, 2.45) is 0 Å². The summed E-state index contributed by atoms with van der Waals surface area (Å²) in [5.74, 6) is 0.804. The molecule has 0 saturated heterocycles. The molecule has 1 N–H and O–H groups in total. The molecule has 0 spiro atoms. The van der Waals surface area contributed by atoms with Gasteiger partial charge in [-0.3, -0.25) is 9.36 Å². The maximum absolute atomic E-state index is 12.9. The van der Waals surface area contributed by atoms with E-state index in [0.717, 1.165) is 5.56 Å². The van der Waals surface area contributed by atoms with Crippen molar-refractivity contribution in [2.45, 2.75) is 13.8 Å². The van der Waals surface area contributed by atoms with E-state index in [1.807, 2.05) is 19.1 Å². The lowest BCUT2D eigenvalue weighted by molar-refractivity contribution is 0.102. The average Bonchev–Trinajstić information content (AvgIpc) is 3.38. The highest BCUT2D eigenvalue weighted by Crippen LogP contribution is 2.28. The van der Waals surface area contributed by atoms with Gasteiger partial charge in [0.25, 0.3) is 5.91 Å². The van der Waals surface area contributed by atoms with Crippen LogP contribution in [0.1, 0.15) is 27.2 Å². The van der Waals surface area contributed by atoms with Gasteiger partial charge in [-0.2, -0.15) is 5.26 Å². The van der Waals surface area contributed by atoms with Crippen LogP contribution in [0.15, 0.2) is 65.6 Å². The smallest absolute Gasteiger partial charge is 0.321 e. The Morgan fingerprint density at radius 3 is 2.57 bits per heavy atom. The van der Waals surface area contributed by atoms with Crippen molar-refractivity contribution in [3.05, 3.63) is 83.6 Å². The van der Waals surface area contributed by atoms with Crippen LogP contribution in [0.4, 0.5) is 5.69 Å². The molecule has 8 heteroatoms. The number of furan rings is 1. The number of nitriles is 1. The van der Waals surface area contributed by atoms with Crippen molar-refractivity contribution in [3.63, 3.8) is 0 Å². The first-order valence-corrected chi connectivity index (χ1v) is 9.10. The van der Waals surface area contributed by atoms with E-state index in [0.29, 0.717) is 23.1 Å². The third-order valence-corrected chi connectivity index (χ3v) is 4.44. The number of aryl methyl sites for hydroxylation is 2. The van der Waals surface area contributed by atoms with Gasteiger partial charge in [0.05, 0.1) is 0 Å². The van der Waals surface area contributed by atoms with Crippen LogP contribution >= 0.6 is 0 Å². The fraction of sp³-hybridized carbons (Fsp3) is 0.0909. The lowest BCUT2D eigenvalue weighted by atomic mass is 10.1. The zero-order valence-electron chi connectivity index (χ0n) is 16.3. The van der Waals surface area contributed by atoms with Gasteiger partial charge in [0.15, 0.2) is 0 Å². The summed E-state index contributed by atoms with van der Waals surface area (Å²) in [4.78, 5) is 21.0. The van der Waals surface area contributed by atoms with Crippen LogP contribution in [0.25, 0.3) is 5.88 Å². The minimum atomic E-state index is -0.422. The molecule has 30 heavy (non-hydrogen) atoms. The zero-order chi connectivity index (χ0) is 21.1. The van der Waals surface area contributed by atoms with Crippen LogP contribution in [-0.4, -0.2) is 20.4 Å². The number of benzene rings is 1. The predicted octanol–water partition coefficient (Wildman–Crippen LogP) is 4.39. The van der Waals surface area contributed by atoms with Gasteiger partial charge in [0.1, 0.15) is 28.7 Å². The molecule has 0 atom stereocenters. The predicted molar refractivity (Wildman–Crippen MR) is 109 cm³/mol. The fourth-order valence-electron chi connectivity index (χ4n) is 3.03. The van der Waals surface area contributed by atoms with Gasteiger partial charge in [-0.1, -0.05) is 0 Å². The topological polar surface area (TPSA) is 106 Å². The van der Waals surface area contributed by atoms with Crippen LogP contribution in [0.5, 0.6) is 11.8 Å². The minimum absolute atomic E-state index is 0.181. The summed E-state index contributed by atoms with van der Waals surface area (Å²) in [6.45, 7) is 3.50. The largest absolute Gasteiger partial charge is 0.443 e. The number of carbonyl (C=O) groups excluding carboxylic acids is 1. The normalized spacial score (nSPS) is 10.4. The Morgan fingerprint density at radius 1 is 1.17 bits per heavy atom. The Balaban J connectivity index is 1.58. The molecule has 1 amide bonds. The number of rotatable bonds is 5. The minimum Gasteiger partial charge on any atom is -0.443 e. The van der Waals surface area contributed by atoms with Gasteiger partial charge in [-0.05, 0) is 55.8 Å². The van der Waals surface area contributed by atoms with Crippen LogP contribution < -0.4 is 10.1 Å². The second-order valence-corrected chi connectivity index (χ2v) is 6.48. The van der Waals surface area contributed by atoms with Crippen molar-refractivity contribution in [2.75, 3.05) is 5.32 Å². The van der Waals surface area contributed by atoms with Crippen molar-refractivity contribution in [3.8, 4) is 23.7 Å². The molecular formula is C22H17N5O3. The van der Waals surface area contributed by atoms with Crippen molar-refractivity contribution in [1.29, 1.82) is 5.26 Å². The SMILES string of the molecule is Cc1cc(Oc2ncccn2)ccc1NC(=O)c1c(C)oc(-n2cccc2)c1C#N. The van der Waals surface area contributed by atoms with Crippen LogP contribution in [0, 0.1) is 25.2 Å². The third kappa shape index (κ3) is 3.64. The summed E-state index contributed by atoms with van der Waals surface area (Å²) in [6, 6.07) is 12.8. The number of nitrogens with one attached hydrogen (secondary N) is 1. The van der Waals surface area contributed by atoms with Gasteiger partial charge < -0.3 is 14.5 Å². The number of hydrogen-bond donors (Lipinski definition) is 1.